The molecule has 0 aliphatic rings. The molecule has 8 nitrogen and oxygen atoms in total. The first-order chi connectivity index (χ1) is 25.4. The first-order valence-electron chi connectivity index (χ1n) is 18.8. The van der Waals surface area contributed by atoms with Crippen molar-refractivity contribution >= 4 is 24.1 Å². The zero-order valence-corrected chi connectivity index (χ0v) is 31.5. The molecule has 2 heterocycles. The van der Waals surface area contributed by atoms with Gasteiger partial charge < -0.3 is 28.9 Å². The number of esters is 2. The molecule has 0 atom stereocenters. The predicted molar refractivity (Wildman–Crippen MR) is 212 cm³/mol. The van der Waals surface area contributed by atoms with E-state index in [1.165, 1.54) is 65.6 Å². The van der Waals surface area contributed by atoms with Crippen LogP contribution in [-0.2, 0) is 9.47 Å². The van der Waals surface area contributed by atoms with Crippen LogP contribution in [0, 0.1) is 0 Å². The van der Waals surface area contributed by atoms with E-state index in [-0.39, 0.29) is 11.1 Å². The SMILES string of the molecule is C=Cc1[nH]c(-c2[nH]c(C=C)c(-c3ccc(OCCCCCCCC)cc3)c2C(=O)OC)c(C(=O)OC)c1-c1ccc(OCCCCCCCC)cc1. The number of aromatic nitrogens is 2. The lowest BCUT2D eigenvalue weighted by Gasteiger charge is -2.10. The van der Waals surface area contributed by atoms with E-state index in [2.05, 4.69) is 37.0 Å². The summed E-state index contributed by atoms with van der Waals surface area (Å²) in [6, 6.07) is 15.2. The van der Waals surface area contributed by atoms with Gasteiger partial charge in [0.15, 0.2) is 0 Å². The maximum Gasteiger partial charge on any atom is 0.340 e. The molecule has 0 saturated heterocycles. The van der Waals surface area contributed by atoms with Crippen LogP contribution in [0.15, 0.2) is 61.7 Å². The average molecular weight is 709 g/mol. The maximum atomic E-state index is 13.6. The van der Waals surface area contributed by atoms with Crippen molar-refractivity contribution in [3.63, 3.8) is 0 Å². The molecule has 0 aliphatic carbocycles. The number of aromatic amines is 2. The molecular formula is C44H56N2O6. The normalized spacial score (nSPS) is 10.9. The summed E-state index contributed by atoms with van der Waals surface area (Å²) in [5, 5.41) is 0. The fourth-order valence-corrected chi connectivity index (χ4v) is 6.51. The quantitative estimate of drug-likeness (QED) is 0.0587. The molecule has 2 N–H and O–H groups in total. The van der Waals surface area contributed by atoms with E-state index in [0.29, 0.717) is 47.1 Å². The zero-order valence-electron chi connectivity index (χ0n) is 31.5. The Labute approximate surface area is 309 Å². The molecule has 278 valence electrons. The lowest BCUT2D eigenvalue weighted by molar-refractivity contribution is 0.0591. The molecule has 0 saturated carbocycles. The number of carbonyl (C=O) groups excluding carboxylic acids is 2. The van der Waals surface area contributed by atoms with E-state index < -0.39 is 11.9 Å². The van der Waals surface area contributed by atoms with Gasteiger partial charge >= 0.3 is 11.9 Å². The van der Waals surface area contributed by atoms with Crippen molar-refractivity contribution in [2.24, 2.45) is 0 Å². The third-order valence-electron chi connectivity index (χ3n) is 9.31. The van der Waals surface area contributed by atoms with Crippen molar-refractivity contribution in [2.45, 2.75) is 90.9 Å². The van der Waals surface area contributed by atoms with Crippen molar-refractivity contribution in [3.05, 3.63) is 84.2 Å². The van der Waals surface area contributed by atoms with E-state index in [4.69, 9.17) is 18.9 Å². The molecule has 0 fully saturated rings. The Morgan fingerprint density at radius 2 is 0.904 bits per heavy atom. The van der Waals surface area contributed by atoms with Gasteiger partial charge in [0, 0.05) is 22.5 Å². The first-order valence-corrected chi connectivity index (χ1v) is 18.8. The molecule has 0 spiro atoms. The molecule has 4 aromatic rings. The lowest BCUT2D eigenvalue weighted by Crippen LogP contribution is -2.07. The van der Waals surface area contributed by atoms with Gasteiger partial charge in [-0.3, -0.25) is 0 Å². The predicted octanol–water partition coefficient (Wildman–Crippen LogP) is 11.7. The maximum absolute atomic E-state index is 13.6. The Morgan fingerprint density at radius 1 is 0.558 bits per heavy atom. The monoisotopic (exact) mass is 708 g/mol. The fourth-order valence-electron chi connectivity index (χ4n) is 6.51. The van der Waals surface area contributed by atoms with Gasteiger partial charge in [-0.15, -0.1) is 0 Å². The minimum atomic E-state index is -0.572. The van der Waals surface area contributed by atoms with Gasteiger partial charge in [-0.2, -0.15) is 0 Å². The first kappa shape index (κ1) is 39.8. The molecular weight excluding hydrogens is 652 g/mol. The molecule has 0 bridgehead atoms. The van der Waals surface area contributed by atoms with Crippen LogP contribution in [0.4, 0.5) is 0 Å². The van der Waals surface area contributed by atoms with Crippen LogP contribution < -0.4 is 9.47 Å². The summed E-state index contributed by atoms with van der Waals surface area (Å²) in [5.74, 6) is 0.363. The zero-order chi connectivity index (χ0) is 37.3. The van der Waals surface area contributed by atoms with Gasteiger partial charge in [0.25, 0.3) is 0 Å². The number of hydrogen-bond donors (Lipinski definition) is 2. The number of methoxy groups -OCH3 is 2. The van der Waals surface area contributed by atoms with E-state index in [1.807, 2.05) is 48.5 Å². The number of H-pyrrole nitrogens is 2. The summed E-state index contributed by atoms with van der Waals surface area (Å²) in [6.45, 7) is 13.8. The minimum absolute atomic E-state index is 0.255. The number of carbonyl (C=O) groups is 2. The number of unbranched alkanes of at least 4 members (excludes halogenated alkanes) is 10. The van der Waals surface area contributed by atoms with Crippen molar-refractivity contribution in [3.8, 4) is 45.1 Å². The third kappa shape index (κ3) is 10.1. The van der Waals surface area contributed by atoms with Crippen molar-refractivity contribution in [1.82, 2.24) is 9.97 Å². The smallest absolute Gasteiger partial charge is 0.340 e. The van der Waals surface area contributed by atoms with Gasteiger partial charge in [-0.05, 0) is 60.4 Å². The fraction of sp³-hybridized carbons (Fsp3) is 0.409. The minimum Gasteiger partial charge on any atom is -0.494 e. The number of nitrogens with one attached hydrogen (secondary N) is 2. The van der Waals surface area contributed by atoms with Crippen molar-refractivity contribution in [2.75, 3.05) is 27.4 Å². The standard InChI is InChI=1S/C44H56N2O6/c1-7-11-13-15-17-19-29-51-33-25-21-31(22-26-33)37-35(9-3)45-41(39(37)43(47)49-5)42-40(44(48)50-6)38(36(10-4)46-42)32-23-27-34(28-24-32)52-30-20-18-16-14-12-8-2/h9-10,21-28,45-46H,3-4,7-8,11-20,29-30H2,1-2,5-6H3. The van der Waals surface area contributed by atoms with E-state index in [9.17, 15) is 9.59 Å². The van der Waals surface area contributed by atoms with E-state index in [1.54, 1.807) is 12.2 Å². The average Bonchev–Trinajstić information content (AvgIpc) is 3.76. The molecule has 0 amide bonds. The highest BCUT2D eigenvalue weighted by atomic mass is 16.5. The van der Waals surface area contributed by atoms with Crippen LogP contribution >= 0.6 is 0 Å². The summed E-state index contributed by atoms with van der Waals surface area (Å²) in [5.41, 5.74) is 5.15. The van der Waals surface area contributed by atoms with Crippen LogP contribution in [0.1, 0.15) is 123 Å². The van der Waals surface area contributed by atoms with Gasteiger partial charge in [-0.25, -0.2) is 9.59 Å². The lowest BCUT2D eigenvalue weighted by atomic mass is 9.96. The number of rotatable bonds is 23. The number of benzene rings is 2. The Balaban J connectivity index is 1.67. The second kappa shape index (κ2) is 20.8. The topological polar surface area (TPSA) is 103 Å². The molecule has 0 radical (unpaired) electrons. The molecule has 2 aromatic carbocycles. The number of ether oxygens (including phenoxy) is 4. The Hall–Kier alpha value is -4.98. The van der Waals surface area contributed by atoms with Crippen molar-refractivity contribution in [1.29, 1.82) is 0 Å². The van der Waals surface area contributed by atoms with Crippen LogP contribution in [0.25, 0.3) is 45.8 Å². The van der Waals surface area contributed by atoms with Crippen molar-refractivity contribution < 1.29 is 28.5 Å². The molecule has 0 aliphatic heterocycles. The Kier molecular flexibility index (Phi) is 15.9. The third-order valence-corrected chi connectivity index (χ3v) is 9.31. The highest BCUT2D eigenvalue weighted by Gasteiger charge is 2.32. The Bertz CT molecular complexity index is 1620. The van der Waals surface area contributed by atoms with Gasteiger partial charge in [0.05, 0.1) is 49.9 Å². The van der Waals surface area contributed by atoms with Crippen LogP contribution in [-0.4, -0.2) is 49.3 Å². The second-order valence-corrected chi connectivity index (χ2v) is 13.0. The van der Waals surface area contributed by atoms with Gasteiger partial charge in [-0.1, -0.05) is 115 Å². The Morgan fingerprint density at radius 3 is 1.23 bits per heavy atom. The highest BCUT2D eigenvalue weighted by molar-refractivity contribution is 6.11. The van der Waals surface area contributed by atoms with E-state index >= 15 is 0 Å². The summed E-state index contributed by atoms with van der Waals surface area (Å²) in [6.07, 6.45) is 17.6. The second-order valence-electron chi connectivity index (χ2n) is 13.0. The molecule has 4 rings (SSSR count). The molecule has 8 heteroatoms. The highest BCUT2D eigenvalue weighted by Crippen LogP contribution is 2.42. The number of hydrogen-bond acceptors (Lipinski definition) is 6. The summed E-state index contributed by atoms with van der Waals surface area (Å²) in [7, 11) is 2.67. The largest absolute Gasteiger partial charge is 0.494 e. The summed E-state index contributed by atoms with van der Waals surface area (Å²) < 4.78 is 22.7. The molecule has 2 aromatic heterocycles. The van der Waals surface area contributed by atoms with Crippen LogP contribution in [0.3, 0.4) is 0 Å². The molecule has 0 unspecified atom stereocenters. The van der Waals surface area contributed by atoms with Crippen LogP contribution in [0.5, 0.6) is 11.5 Å². The van der Waals surface area contributed by atoms with Crippen LogP contribution in [0.2, 0.25) is 0 Å². The summed E-state index contributed by atoms with van der Waals surface area (Å²) in [4.78, 5) is 33.9. The van der Waals surface area contributed by atoms with Gasteiger partial charge in [0.2, 0.25) is 0 Å². The van der Waals surface area contributed by atoms with E-state index in [0.717, 1.165) is 48.3 Å². The summed E-state index contributed by atoms with van der Waals surface area (Å²) >= 11 is 0. The van der Waals surface area contributed by atoms with Gasteiger partial charge in [0.1, 0.15) is 11.5 Å². The molecule has 52 heavy (non-hydrogen) atoms.